The van der Waals surface area contributed by atoms with E-state index in [-0.39, 0.29) is 17.6 Å². The molecule has 0 unspecified atom stereocenters. The fourth-order valence-corrected chi connectivity index (χ4v) is 1.90. The summed E-state index contributed by atoms with van der Waals surface area (Å²) in [5.74, 6) is -2.50. The van der Waals surface area contributed by atoms with Crippen LogP contribution in [0.5, 0.6) is 0 Å². The van der Waals surface area contributed by atoms with Crippen LogP contribution in [0.15, 0.2) is 36.0 Å². The van der Waals surface area contributed by atoms with Gasteiger partial charge in [-0.15, -0.1) is 0 Å². The molecule has 0 fully saturated rings. The Morgan fingerprint density at radius 3 is 2.32 bits per heavy atom. The zero-order valence-electron chi connectivity index (χ0n) is 13.5. The number of anilines is 1. The maximum absolute atomic E-state index is 12.0. The highest BCUT2D eigenvalue weighted by molar-refractivity contribution is 6.06. The van der Waals surface area contributed by atoms with Gasteiger partial charge in [-0.3, -0.25) is 9.59 Å². The fraction of sp³-hybridized carbons (Fsp3) is 0.294. The smallest absolute Gasteiger partial charge is 0.335 e. The number of nitrogens with one attached hydrogen (secondary N) is 2. The van der Waals surface area contributed by atoms with Crippen molar-refractivity contribution in [1.82, 2.24) is 5.32 Å². The number of nitriles is 1. The van der Waals surface area contributed by atoms with Gasteiger partial charge in [0, 0.05) is 24.9 Å². The molecule has 1 amide bonds. The van der Waals surface area contributed by atoms with Crippen LogP contribution in [0.4, 0.5) is 5.69 Å². The number of hydrogen-bond acceptors (Lipinski definition) is 5. The third-order valence-corrected chi connectivity index (χ3v) is 3.21. The first-order valence-corrected chi connectivity index (χ1v) is 7.64. The predicted molar refractivity (Wildman–Crippen MR) is 89.8 cm³/mol. The van der Waals surface area contributed by atoms with E-state index in [0.717, 1.165) is 12.8 Å². The summed E-state index contributed by atoms with van der Waals surface area (Å²) in [4.78, 5) is 33.1. The standard InChI is InChI=1S/C17H19N3O5/c18-10-13(11-19-9-3-1-2-4-15(21)22)16(23)20-14-7-5-12(6-8-14)17(24)25/h5-8,11,19H,1-4,9H2,(H,20,23)(H,21,22)(H,24,25)/b13-11-. The number of amides is 1. The summed E-state index contributed by atoms with van der Waals surface area (Å²) < 4.78 is 0. The highest BCUT2D eigenvalue weighted by atomic mass is 16.4. The van der Waals surface area contributed by atoms with Gasteiger partial charge in [-0.1, -0.05) is 6.42 Å². The van der Waals surface area contributed by atoms with Crippen LogP contribution in [0.2, 0.25) is 0 Å². The molecule has 8 heteroatoms. The number of aromatic carboxylic acids is 1. The van der Waals surface area contributed by atoms with E-state index in [0.29, 0.717) is 18.7 Å². The van der Waals surface area contributed by atoms with Gasteiger partial charge in [-0.2, -0.15) is 5.26 Å². The lowest BCUT2D eigenvalue weighted by molar-refractivity contribution is -0.137. The number of carboxylic acid groups (broad SMARTS) is 2. The zero-order chi connectivity index (χ0) is 18.7. The topological polar surface area (TPSA) is 140 Å². The maximum atomic E-state index is 12.0. The third-order valence-electron chi connectivity index (χ3n) is 3.21. The first kappa shape index (κ1) is 19.7. The lowest BCUT2D eigenvalue weighted by Crippen LogP contribution is -2.17. The molecular weight excluding hydrogens is 326 g/mol. The summed E-state index contributed by atoms with van der Waals surface area (Å²) in [7, 11) is 0. The van der Waals surface area contributed by atoms with Crippen molar-refractivity contribution in [3.8, 4) is 6.07 Å². The highest BCUT2D eigenvalue weighted by Crippen LogP contribution is 2.10. The fourth-order valence-electron chi connectivity index (χ4n) is 1.90. The van der Waals surface area contributed by atoms with Crippen molar-refractivity contribution in [3.05, 3.63) is 41.6 Å². The van der Waals surface area contributed by atoms with E-state index < -0.39 is 17.8 Å². The molecule has 0 aromatic heterocycles. The molecule has 0 heterocycles. The second kappa shape index (κ2) is 10.4. The van der Waals surface area contributed by atoms with Gasteiger partial charge in [0.1, 0.15) is 11.6 Å². The van der Waals surface area contributed by atoms with Gasteiger partial charge in [0.05, 0.1) is 5.56 Å². The van der Waals surface area contributed by atoms with Crippen LogP contribution < -0.4 is 10.6 Å². The minimum Gasteiger partial charge on any atom is -0.481 e. The normalized spacial score (nSPS) is 10.6. The number of hydrogen-bond donors (Lipinski definition) is 4. The SMILES string of the molecule is N#C/C(=C/NCCCCCC(=O)O)C(=O)Nc1ccc(C(=O)O)cc1. The summed E-state index contributed by atoms with van der Waals surface area (Å²) in [6, 6.07) is 7.36. The Morgan fingerprint density at radius 1 is 1.08 bits per heavy atom. The van der Waals surface area contributed by atoms with Crippen molar-refractivity contribution in [3.63, 3.8) is 0 Å². The second-order valence-electron chi connectivity index (χ2n) is 5.16. The van der Waals surface area contributed by atoms with E-state index in [4.69, 9.17) is 15.5 Å². The number of carbonyl (C=O) groups is 3. The third kappa shape index (κ3) is 7.65. The van der Waals surface area contributed by atoms with Crippen LogP contribution in [0.1, 0.15) is 36.0 Å². The lowest BCUT2D eigenvalue weighted by Gasteiger charge is -2.05. The maximum Gasteiger partial charge on any atom is 0.335 e. The number of rotatable bonds is 10. The van der Waals surface area contributed by atoms with Crippen LogP contribution in [0, 0.1) is 11.3 Å². The molecule has 132 valence electrons. The zero-order valence-corrected chi connectivity index (χ0v) is 13.5. The summed E-state index contributed by atoms with van der Waals surface area (Å²) in [6.45, 7) is 0.519. The Kier molecular flexibility index (Phi) is 8.23. The Balaban J connectivity index is 2.44. The molecule has 1 aromatic carbocycles. The molecule has 0 spiro atoms. The monoisotopic (exact) mass is 345 g/mol. The largest absolute Gasteiger partial charge is 0.481 e. The van der Waals surface area contributed by atoms with Gasteiger partial charge < -0.3 is 20.8 Å². The van der Waals surface area contributed by atoms with E-state index in [2.05, 4.69) is 10.6 Å². The average molecular weight is 345 g/mol. The Labute approximate surface area is 144 Å². The molecule has 0 bridgehead atoms. The van der Waals surface area contributed by atoms with E-state index in [9.17, 15) is 14.4 Å². The number of carbonyl (C=O) groups excluding carboxylic acids is 1. The molecule has 4 N–H and O–H groups in total. The molecule has 0 radical (unpaired) electrons. The van der Waals surface area contributed by atoms with Crippen LogP contribution in [0.3, 0.4) is 0 Å². The lowest BCUT2D eigenvalue weighted by atomic mass is 10.2. The van der Waals surface area contributed by atoms with Gasteiger partial charge in [-0.05, 0) is 37.1 Å². The van der Waals surface area contributed by atoms with Crippen LogP contribution in [-0.2, 0) is 9.59 Å². The summed E-state index contributed by atoms with van der Waals surface area (Å²) >= 11 is 0. The van der Waals surface area contributed by atoms with Crippen molar-refractivity contribution >= 4 is 23.5 Å². The molecule has 0 saturated heterocycles. The van der Waals surface area contributed by atoms with Gasteiger partial charge >= 0.3 is 11.9 Å². The number of nitrogens with zero attached hydrogens (tertiary/aromatic N) is 1. The van der Waals surface area contributed by atoms with E-state index in [1.54, 1.807) is 6.07 Å². The summed E-state index contributed by atoms with van der Waals surface area (Å²) in [5, 5.41) is 31.7. The number of benzene rings is 1. The Morgan fingerprint density at radius 2 is 1.76 bits per heavy atom. The van der Waals surface area contributed by atoms with Crippen LogP contribution >= 0.6 is 0 Å². The molecule has 0 saturated carbocycles. The van der Waals surface area contributed by atoms with Crippen molar-refractivity contribution in [1.29, 1.82) is 5.26 Å². The second-order valence-corrected chi connectivity index (χ2v) is 5.16. The predicted octanol–water partition coefficient (Wildman–Crippen LogP) is 1.97. The number of carboxylic acids is 2. The molecule has 8 nitrogen and oxygen atoms in total. The van der Waals surface area contributed by atoms with Crippen molar-refractivity contribution < 1.29 is 24.6 Å². The molecule has 0 aliphatic carbocycles. The van der Waals surface area contributed by atoms with Crippen molar-refractivity contribution in [2.45, 2.75) is 25.7 Å². The Bertz CT molecular complexity index is 689. The van der Waals surface area contributed by atoms with Crippen LogP contribution in [0.25, 0.3) is 0 Å². The Hall–Kier alpha value is -3.34. The van der Waals surface area contributed by atoms with Crippen molar-refractivity contribution in [2.75, 3.05) is 11.9 Å². The molecule has 1 rings (SSSR count). The highest BCUT2D eigenvalue weighted by Gasteiger charge is 2.09. The van der Waals surface area contributed by atoms with E-state index in [1.165, 1.54) is 30.5 Å². The summed E-state index contributed by atoms with van der Waals surface area (Å²) in [6.07, 6.45) is 3.47. The molecule has 0 aliphatic heterocycles. The molecule has 25 heavy (non-hydrogen) atoms. The van der Waals surface area contributed by atoms with Gasteiger partial charge in [0.25, 0.3) is 5.91 Å². The quantitative estimate of drug-likeness (QED) is 0.289. The summed E-state index contributed by atoms with van der Waals surface area (Å²) in [5.41, 5.74) is 0.358. The minimum absolute atomic E-state index is 0.0959. The average Bonchev–Trinajstić information content (AvgIpc) is 2.57. The van der Waals surface area contributed by atoms with E-state index >= 15 is 0 Å². The molecule has 0 atom stereocenters. The molecular formula is C17H19N3O5. The first-order chi connectivity index (χ1) is 11.9. The molecule has 0 aliphatic rings. The van der Waals surface area contributed by atoms with Crippen molar-refractivity contribution in [2.24, 2.45) is 0 Å². The van der Waals surface area contributed by atoms with Gasteiger partial charge in [-0.25, -0.2) is 4.79 Å². The number of aliphatic carboxylic acids is 1. The van der Waals surface area contributed by atoms with Gasteiger partial charge in [0.2, 0.25) is 0 Å². The van der Waals surface area contributed by atoms with Gasteiger partial charge in [0.15, 0.2) is 0 Å². The first-order valence-electron chi connectivity index (χ1n) is 7.64. The molecule has 1 aromatic rings. The minimum atomic E-state index is -1.07. The van der Waals surface area contributed by atoms with Crippen LogP contribution in [-0.4, -0.2) is 34.6 Å². The van der Waals surface area contributed by atoms with E-state index in [1.807, 2.05) is 0 Å². The number of unbranched alkanes of at least 4 members (excludes halogenated alkanes) is 2.